The van der Waals surface area contributed by atoms with Crippen LogP contribution < -0.4 is 10.6 Å². The molecule has 1 aromatic carbocycles. The summed E-state index contributed by atoms with van der Waals surface area (Å²) in [7, 11) is 0. The fourth-order valence-corrected chi connectivity index (χ4v) is 2.33. The number of aryl methyl sites for hydroxylation is 1. The third-order valence-corrected chi connectivity index (χ3v) is 3.40. The smallest absolute Gasteiger partial charge is 0.0748 e. The fraction of sp³-hybridized carbons (Fsp3) is 0.571. The van der Waals surface area contributed by atoms with Crippen LogP contribution in [0.2, 0.25) is 0 Å². The van der Waals surface area contributed by atoms with Gasteiger partial charge in [0.1, 0.15) is 0 Å². The van der Waals surface area contributed by atoms with Crippen molar-refractivity contribution >= 4 is 5.69 Å². The van der Waals surface area contributed by atoms with Crippen LogP contribution in [0.15, 0.2) is 18.2 Å². The van der Waals surface area contributed by atoms with Crippen LogP contribution >= 0.6 is 0 Å². The third kappa shape index (κ3) is 2.79. The normalized spacial score (nSPS) is 20.6. The van der Waals surface area contributed by atoms with Crippen molar-refractivity contribution < 1.29 is 4.74 Å². The number of ether oxygens (including phenoxy) is 1. The number of hydrogen-bond acceptors (Lipinski definition) is 3. The summed E-state index contributed by atoms with van der Waals surface area (Å²) in [6, 6.07) is 6.50. The molecule has 1 aliphatic heterocycles. The maximum Gasteiger partial charge on any atom is 0.0748 e. The van der Waals surface area contributed by atoms with Crippen molar-refractivity contribution in [2.45, 2.75) is 32.9 Å². The zero-order chi connectivity index (χ0) is 12.3. The predicted molar refractivity (Wildman–Crippen MR) is 71.3 cm³/mol. The van der Waals surface area contributed by atoms with Crippen molar-refractivity contribution in [2.75, 3.05) is 24.6 Å². The average Bonchev–Trinajstić information content (AvgIpc) is 2.39. The van der Waals surface area contributed by atoms with Crippen molar-refractivity contribution in [2.24, 2.45) is 5.73 Å². The summed E-state index contributed by atoms with van der Waals surface area (Å²) in [6.45, 7) is 7.66. The molecule has 0 amide bonds. The Bertz CT molecular complexity index is 378. The van der Waals surface area contributed by atoms with Crippen molar-refractivity contribution in [3.8, 4) is 0 Å². The van der Waals surface area contributed by atoms with Gasteiger partial charge in [-0.15, -0.1) is 0 Å². The molecule has 0 aromatic heterocycles. The highest BCUT2D eigenvalue weighted by molar-refractivity contribution is 5.55. The van der Waals surface area contributed by atoms with Crippen molar-refractivity contribution in [3.63, 3.8) is 0 Å². The zero-order valence-corrected chi connectivity index (χ0v) is 10.8. The maximum atomic E-state index is 5.82. The summed E-state index contributed by atoms with van der Waals surface area (Å²) in [5.41, 5.74) is 9.62. The molecule has 0 aliphatic carbocycles. The lowest BCUT2D eigenvalue weighted by atomic mass is 10.1. The predicted octanol–water partition coefficient (Wildman–Crippen LogP) is 2.07. The standard InChI is InChI=1S/C14H22N2O/c1-3-13-10-16(6-7-17-13)14-8-11(2)4-5-12(14)9-15/h4-5,8,13H,3,6-7,9-10,15H2,1-2H3. The minimum absolute atomic E-state index is 0.356. The second-order valence-electron chi connectivity index (χ2n) is 4.68. The molecular formula is C14H22N2O. The molecule has 2 rings (SSSR count). The lowest BCUT2D eigenvalue weighted by Gasteiger charge is -2.35. The van der Waals surface area contributed by atoms with Gasteiger partial charge < -0.3 is 15.4 Å². The average molecular weight is 234 g/mol. The SMILES string of the molecule is CCC1CN(c2cc(C)ccc2CN)CCO1. The van der Waals surface area contributed by atoms with Crippen LogP contribution in [0.5, 0.6) is 0 Å². The van der Waals surface area contributed by atoms with Gasteiger partial charge in [-0.3, -0.25) is 0 Å². The van der Waals surface area contributed by atoms with Gasteiger partial charge in [-0.1, -0.05) is 19.1 Å². The van der Waals surface area contributed by atoms with E-state index < -0.39 is 0 Å². The molecule has 1 aliphatic rings. The van der Waals surface area contributed by atoms with E-state index in [0.717, 1.165) is 26.1 Å². The molecule has 1 heterocycles. The molecule has 1 aromatic rings. The van der Waals surface area contributed by atoms with Crippen molar-refractivity contribution in [3.05, 3.63) is 29.3 Å². The molecule has 0 radical (unpaired) electrons. The molecule has 0 spiro atoms. The Morgan fingerprint density at radius 1 is 1.47 bits per heavy atom. The van der Waals surface area contributed by atoms with Crippen molar-refractivity contribution in [1.29, 1.82) is 0 Å². The first kappa shape index (κ1) is 12.4. The number of nitrogens with zero attached hydrogens (tertiary/aromatic N) is 1. The van der Waals surface area contributed by atoms with E-state index in [0.29, 0.717) is 12.6 Å². The molecule has 3 heteroatoms. The molecule has 3 nitrogen and oxygen atoms in total. The number of benzene rings is 1. The molecule has 1 saturated heterocycles. The van der Waals surface area contributed by atoms with E-state index in [4.69, 9.17) is 10.5 Å². The number of hydrogen-bond donors (Lipinski definition) is 1. The monoisotopic (exact) mass is 234 g/mol. The minimum Gasteiger partial charge on any atom is -0.375 e. The van der Waals surface area contributed by atoms with Crippen LogP contribution in [0.1, 0.15) is 24.5 Å². The van der Waals surface area contributed by atoms with Crippen molar-refractivity contribution in [1.82, 2.24) is 0 Å². The Hall–Kier alpha value is -1.06. The van der Waals surface area contributed by atoms with E-state index in [-0.39, 0.29) is 0 Å². The molecule has 0 saturated carbocycles. The largest absolute Gasteiger partial charge is 0.375 e. The Morgan fingerprint density at radius 2 is 2.29 bits per heavy atom. The molecule has 1 fully saturated rings. The summed E-state index contributed by atoms with van der Waals surface area (Å²) in [5.74, 6) is 0. The van der Waals surface area contributed by atoms with E-state index >= 15 is 0 Å². The van der Waals surface area contributed by atoms with Gasteiger partial charge in [0.15, 0.2) is 0 Å². The lowest BCUT2D eigenvalue weighted by Crippen LogP contribution is -2.42. The number of nitrogens with two attached hydrogens (primary N) is 1. The molecular weight excluding hydrogens is 212 g/mol. The molecule has 17 heavy (non-hydrogen) atoms. The highest BCUT2D eigenvalue weighted by Gasteiger charge is 2.20. The highest BCUT2D eigenvalue weighted by atomic mass is 16.5. The molecule has 0 bridgehead atoms. The van der Waals surface area contributed by atoms with Crippen LogP contribution in [-0.2, 0) is 11.3 Å². The Morgan fingerprint density at radius 3 is 3.00 bits per heavy atom. The quantitative estimate of drug-likeness (QED) is 0.870. The van der Waals surface area contributed by atoms with E-state index in [1.54, 1.807) is 0 Å². The summed E-state index contributed by atoms with van der Waals surface area (Å²) in [4.78, 5) is 2.41. The first-order valence-corrected chi connectivity index (χ1v) is 6.40. The number of rotatable bonds is 3. The first-order chi connectivity index (χ1) is 8.24. The lowest BCUT2D eigenvalue weighted by molar-refractivity contribution is 0.0384. The fourth-order valence-electron chi connectivity index (χ4n) is 2.33. The van der Waals surface area contributed by atoms with E-state index in [1.807, 2.05) is 0 Å². The van der Waals surface area contributed by atoms with E-state index in [2.05, 4.69) is 36.9 Å². The zero-order valence-electron chi connectivity index (χ0n) is 10.8. The third-order valence-electron chi connectivity index (χ3n) is 3.40. The molecule has 1 unspecified atom stereocenters. The highest BCUT2D eigenvalue weighted by Crippen LogP contribution is 2.24. The van der Waals surface area contributed by atoms with Crippen LogP contribution in [0.25, 0.3) is 0 Å². The number of anilines is 1. The molecule has 94 valence electrons. The minimum atomic E-state index is 0.356. The Balaban J connectivity index is 2.22. The van der Waals surface area contributed by atoms with Crippen LogP contribution in [0.3, 0.4) is 0 Å². The van der Waals surface area contributed by atoms with Gasteiger partial charge in [0.2, 0.25) is 0 Å². The van der Waals surface area contributed by atoms with Crippen LogP contribution in [0, 0.1) is 6.92 Å². The summed E-state index contributed by atoms with van der Waals surface area (Å²) < 4.78 is 5.71. The Labute approximate surface area is 104 Å². The van der Waals surface area contributed by atoms with Crippen LogP contribution in [-0.4, -0.2) is 25.8 Å². The van der Waals surface area contributed by atoms with E-state index in [1.165, 1.54) is 16.8 Å². The number of morpholine rings is 1. The molecule has 1 atom stereocenters. The molecule has 2 N–H and O–H groups in total. The van der Waals surface area contributed by atoms with Gasteiger partial charge in [0.05, 0.1) is 12.7 Å². The summed E-state index contributed by atoms with van der Waals surface area (Å²) in [6.07, 6.45) is 1.43. The second kappa shape index (κ2) is 5.52. The topological polar surface area (TPSA) is 38.5 Å². The summed E-state index contributed by atoms with van der Waals surface area (Å²) in [5, 5.41) is 0. The van der Waals surface area contributed by atoms with Gasteiger partial charge >= 0.3 is 0 Å². The second-order valence-corrected chi connectivity index (χ2v) is 4.68. The van der Waals surface area contributed by atoms with Gasteiger partial charge in [0.25, 0.3) is 0 Å². The Kier molecular flexibility index (Phi) is 4.02. The van der Waals surface area contributed by atoms with Gasteiger partial charge in [0, 0.05) is 25.3 Å². The summed E-state index contributed by atoms with van der Waals surface area (Å²) >= 11 is 0. The maximum absolute atomic E-state index is 5.82. The van der Waals surface area contributed by atoms with E-state index in [9.17, 15) is 0 Å². The van der Waals surface area contributed by atoms with Gasteiger partial charge in [-0.05, 0) is 30.5 Å². The van der Waals surface area contributed by atoms with Gasteiger partial charge in [-0.2, -0.15) is 0 Å². The van der Waals surface area contributed by atoms with Gasteiger partial charge in [-0.25, -0.2) is 0 Å². The first-order valence-electron chi connectivity index (χ1n) is 6.40. The van der Waals surface area contributed by atoms with Crippen LogP contribution in [0.4, 0.5) is 5.69 Å².